The monoisotopic (exact) mass is 550 g/mol. The maximum absolute atomic E-state index is 13.6. The maximum Gasteiger partial charge on any atom is 0.261 e. The molecule has 0 aliphatic rings. The summed E-state index contributed by atoms with van der Waals surface area (Å²) in [5, 5.41) is 3.04. The number of hydrogen-bond donors (Lipinski definition) is 1. The minimum Gasteiger partial charge on any atom is -0.484 e. The van der Waals surface area contributed by atoms with Crippen molar-refractivity contribution in [2.75, 3.05) is 13.2 Å². The Morgan fingerprint density at radius 1 is 0.917 bits per heavy atom. The molecule has 0 aliphatic carbocycles. The molecule has 0 heterocycles. The minimum atomic E-state index is -0.680. The SMILES string of the molecule is Cc1ccc(OCC(=O)N(Cc2cccc(Br)c2)[C@@H](Cc2ccccc2)C(=O)NCC(C)C)cc1C. The first-order valence-electron chi connectivity index (χ1n) is 12.3. The number of ether oxygens (including phenoxy) is 1. The smallest absolute Gasteiger partial charge is 0.261 e. The van der Waals surface area contributed by atoms with Crippen LogP contribution in [0.3, 0.4) is 0 Å². The fourth-order valence-electron chi connectivity index (χ4n) is 3.84. The molecule has 0 fully saturated rings. The molecular formula is C30H35BrN2O3. The van der Waals surface area contributed by atoms with Gasteiger partial charge in [-0.05, 0) is 66.3 Å². The average molecular weight is 552 g/mol. The molecule has 0 saturated heterocycles. The Morgan fingerprint density at radius 3 is 2.31 bits per heavy atom. The van der Waals surface area contributed by atoms with Crippen molar-refractivity contribution in [1.29, 1.82) is 0 Å². The Labute approximate surface area is 223 Å². The first-order valence-corrected chi connectivity index (χ1v) is 13.1. The van der Waals surface area contributed by atoms with E-state index in [1.165, 1.54) is 0 Å². The highest BCUT2D eigenvalue weighted by molar-refractivity contribution is 9.10. The van der Waals surface area contributed by atoms with E-state index in [1.807, 2.05) is 100 Å². The molecule has 3 aromatic rings. The van der Waals surface area contributed by atoms with E-state index in [0.717, 1.165) is 26.7 Å². The van der Waals surface area contributed by atoms with E-state index in [-0.39, 0.29) is 18.4 Å². The summed E-state index contributed by atoms with van der Waals surface area (Å²) < 4.78 is 6.81. The van der Waals surface area contributed by atoms with Gasteiger partial charge in [0.05, 0.1) is 0 Å². The van der Waals surface area contributed by atoms with Gasteiger partial charge in [-0.1, -0.05) is 78.3 Å². The summed E-state index contributed by atoms with van der Waals surface area (Å²) in [5.41, 5.74) is 4.18. The number of carbonyl (C=O) groups is 2. The van der Waals surface area contributed by atoms with Gasteiger partial charge in [0.15, 0.2) is 6.61 Å². The second-order valence-electron chi connectivity index (χ2n) is 9.53. The minimum absolute atomic E-state index is 0.154. The number of halogens is 1. The molecule has 190 valence electrons. The second-order valence-corrected chi connectivity index (χ2v) is 10.4. The van der Waals surface area contributed by atoms with Crippen molar-refractivity contribution in [3.8, 4) is 5.75 Å². The molecule has 5 nitrogen and oxygen atoms in total. The van der Waals surface area contributed by atoms with Gasteiger partial charge in [0, 0.05) is 24.0 Å². The van der Waals surface area contributed by atoms with E-state index >= 15 is 0 Å². The summed E-state index contributed by atoms with van der Waals surface area (Å²) in [7, 11) is 0. The lowest BCUT2D eigenvalue weighted by Crippen LogP contribution is -2.52. The number of aryl methyl sites for hydroxylation is 2. The second kappa shape index (κ2) is 13.3. The van der Waals surface area contributed by atoms with Crippen LogP contribution in [0, 0.1) is 19.8 Å². The Bertz CT molecular complexity index is 1160. The molecular weight excluding hydrogens is 516 g/mol. The third kappa shape index (κ3) is 8.23. The number of rotatable bonds is 11. The number of benzene rings is 3. The number of carbonyl (C=O) groups excluding carboxylic acids is 2. The molecule has 0 saturated carbocycles. The van der Waals surface area contributed by atoms with Gasteiger partial charge in [-0.2, -0.15) is 0 Å². The van der Waals surface area contributed by atoms with Gasteiger partial charge >= 0.3 is 0 Å². The zero-order valence-corrected chi connectivity index (χ0v) is 23.0. The van der Waals surface area contributed by atoms with Crippen molar-refractivity contribution in [2.24, 2.45) is 5.92 Å². The molecule has 36 heavy (non-hydrogen) atoms. The van der Waals surface area contributed by atoms with Gasteiger partial charge in [0.25, 0.3) is 5.91 Å². The van der Waals surface area contributed by atoms with Gasteiger partial charge in [0.2, 0.25) is 5.91 Å². The van der Waals surface area contributed by atoms with Gasteiger partial charge in [0.1, 0.15) is 11.8 Å². The maximum atomic E-state index is 13.6. The van der Waals surface area contributed by atoms with Crippen LogP contribution in [0.1, 0.15) is 36.1 Å². The lowest BCUT2D eigenvalue weighted by molar-refractivity contribution is -0.142. The van der Waals surface area contributed by atoms with Crippen molar-refractivity contribution >= 4 is 27.7 Å². The van der Waals surface area contributed by atoms with Crippen molar-refractivity contribution in [3.63, 3.8) is 0 Å². The predicted octanol–water partition coefficient (Wildman–Crippen LogP) is 5.86. The fourth-order valence-corrected chi connectivity index (χ4v) is 4.29. The Kier molecular flexibility index (Phi) is 10.1. The van der Waals surface area contributed by atoms with Crippen LogP contribution < -0.4 is 10.1 Å². The molecule has 0 bridgehead atoms. The van der Waals surface area contributed by atoms with Gasteiger partial charge < -0.3 is 15.0 Å². The fraction of sp³-hybridized carbons (Fsp3) is 0.333. The number of nitrogens with one attached hydrogen (secondary N) is 1. The first-order chi connectivity index (χ1) is 17.2. The molecule has 6 heteroatoms. The van der Waals surface area contributed by atoms with E-state index in [4.69, 9.17) is 4.74 Å². The van der Waals surface area contributed by atoms with E-state index in [2.05, 4.69) is 21.2 Å². The average Bonchev–Trinajstić information content (AvgIpc) is 2.86. The summed E-state index contributed by atoms with van der Waals surface area (Å²) in [6, 6.07) is 22.7. The number of nitrogens with zero attached hydrogens (tertiary/aromatic N) is 1. The standard InChI is InChI=1S/C30H35BrN2O3/c1-21(2)18-32-30(35)28(17-24-9-6-5-7-10-24)33(19-25-11-8-12-26(31)16-25)29(34)20-36-27-14-13-22(3)23(4)15-27/h5-16,21,28H,17-20H2,1-4H3,(H,32,35)/t28-/m0/s1. The first kappa shape index (κ1) is 27.5. The van der Waals surface area contributed by atoms with Crippen molar-refractivity contribution < 1.29 is 14.3 Å². The highest BCUT2D eigenvalue weighted by Crippen LogP contribution is 2.20. The van der Waals surface area contributed by atoms with E-state index in [1.54, 1.807) is 4.90 Å². The molecule has 1 atom stereocenters. The lowest BCUT2D eigenvalue weighted by atomic mass is 10.0. The largest absolute Gasteiger partial charge is 0.484 e. The van der Waals surface area contributed by atoms with Crippen LogP contribution in [0.15, 0.2) is 77.3 Å². The highest BCUT2D eigenvalue weighted by atomic mass is 79.9. The molecule has 3 aromatic carbocycles. The zero-order valence-electron chi connectivity index (χ0n) is 21.5. The van der Waals surface area contributed by atoms with Crippen molar-refractivity contribution in [2.45, 2.75) is 46.7 Å². The third-order valence-corrected chi connectivity index (χ3v) is 6.53. The Hall–Kier alpha value is -3.12. The third-order valence-electron chi connectivity index (χ3n) is 6.04. The van der Waals surface area contributed by atoms with Crippen molar-refractivity contribution in [3.05, 3.63) is 99.5 Å². The molecule has 0 aliphatic heterocycles. The predicted molar refractivity (Wildman–Crippen MR) is 148 cm³/mol. The van der Waals surface area contributed by atoms with Gasteiger partial charge in [-0.3, -0.25) is 9.59 Å². The van der Waals surface area contributed by atoms with Crippen LogP contribution in [0.25, 0.3) is 0 Å². The van der Waals surface area contributed by atoms with Crippen LogP contribution in [-0.4, -0.2) is 35.9 Å². The molecule has 0 radical (unpaired) electrons. The summed E-state index contributed by atoms with van der Waals surface area (Å²) in [4.78, 5) is 28.7. The Morgan fingerprint density at radius 2 is 1.64 bits per heavy atom. The van der Waals surface area contributed by atoms with Gasteiger partial charge in [-0.15, -0.1) is 0 Å². The zero-order chi connectivity index (χ0) is 26.1. The summed E-state index contributed by atoms with van der Waals surface area (Å²) in [5.74, 6) is 0.530. The molecule has 0 aromatic heterocycles. The lowest BCUT2D eigenvalue weighted by Gasteiger charge is -2.31. The molecule has 1 N–H and O–H groups in total. The van der Waals surface area contributed by atoms with Crippen LogP contribution in [-0.2, 0) is 22.6 Å². The van der Waals surface area contributed by atoms with Crippen LogP contribution in [0.4, 0.5) is 0 Å². The van der Waals surface area contributed by atoms with E-state index < -0.39 is 6.04 Å². The quantitative estimate of drug-likeness (QED) is 0.325. The molecule has 3 rings (SSSR count). The van der Waals surface area contributed by atoms with E-state index in [9.17, 15) is 9.59 Å². The molecule has 0 unspecified atom stereocenters. The van der Waals surface area contributed by atoms with Crippen LogP contribution >= 0.6 is 15.9 Å². The topological polar surface area (TPSA) is 58.6 Å². The summed E-state index contributed by atoms with van der Waals surface area (Å²) in [6.07, 6.45) is 0.411. The van der Waals surface area contributed by atoms with E-state index in [0.29, 0.717) is 31.2 Å². The summed E-state index contributed by atoms with van der Waals surface area (Å²) in [6.45, 7) is 8.83. The number of hydrogen-bond acceptors (Lipinski definition) is 3. The number of amides is 2. The van der Waals surface area contributed by atoms with Crippen LogP contribution in [0.5, 0.6) is 5.75 Å². The van der Waals surface area contributed by atoms with Crippen molar-refractivity contribution in [1.82, 2.24) is 10.2 Å². The van der Waals surface area contributed by atoms with Crippen LogP contribution in [0.2, 0.25) is 0 Å². The molecule has 2 amide bonds. The molecule has 0 spiro atoms. The normalized spacial score (nSPS) is 11.7. The Balaban J connectivity index is 1.90. The van der Waals surface area contributed by atoms with Gasteiger partial charge in [-0.25, -0.2) is 0 Å². The summed E-state index contributed by atoms with van der Waals surface area (Å²) >= 11 is 3.52. The highest BCUT2D eigenvalue weighted by Gasteiger charge is 2.30.